The van der Waals surface area contributed by atoms with Gasteiger partial charge < -0.3 is 91.3 Å². The molecule has 9 atom stereocenters. The van der Waals surface area contributed by atoms with Crippen LogP contribution in [0, 0.1) is 5.92 Å². The van der Waals surface area contributed by atoms with E-state index in [1.807, 2.05) is 0 Å². The van der Waals surface area contributed by atoms with Crippen LogP contribution >= 0.6 is 0 Å². The monoisotopic (exact) mass is 1250 g/mol. The molecule has 0 bridgehead atoms. The first-order chi connectivity index (χ1) is 42.9. The first kappa shape index (κ1) is 69.6. The molecule has 31 nitrogen and oxygen atoms in total. The van der Waals surface area contributed by atoms with Crippen LogP contribution in [0.15, 0.2) is 72.2 Å². The van der Waals surface area contributed by atoms with Gasteiger partial charge in [-0.3, -0.25) is 62.3 Å². The Labute approximate surface area is 519 Å². The first-order valence-electron chi connectivity index (χ1n) is 29.9. The summed E-state index contributed by atoms with van der Waals surface area (Å²) in [5, 5.41) is 42.5. The predicted molar refractivity (Wildman–Crippen MR) is 327 cm³/mol. The van der Waals surface area contributed by atoms with Gasteiger partial charge in [0.15, 0.2) is 5.96 Å². The van der Waals surface area contributed by atoms with Gasteiger partial charge in [0.25, 0.3) is 5.91 Å². The number of amides is 10. The van der Waals surface area contributed by atoms with Crippen LogP contribution in [0.5, 0.6) is 5.75 Å². The summed E-state index contributed by atoms with van der Waals surface area (Å²) in [5.41, 5.74) is 30.5. The lowest BCUT2D eigenvalue weighted by atomic mass is 10.00. The van der Waals surface area contributed by atoms with Gasteiger partial charge in [-0.15, -0.1) is 0 Å². The summed E-state index contributed by atoms with van der Waals surface area (Å²) in [6, 6.07) is 1.15. The van der Waals surface area contributed by atoms with E-state index in [-0.39, 0.29) is 107 Å². The number of benzene rings is 2. The van der Waals surface area contributed by atoms with Crippen molar-refractivity contribution in [2.45, 2.75) is 152 Å². The number of aliphatic imine (C=N–C) groups is 1. The lowest BCUT2D eigenvalue weighted by molar-refractivity contribution is -0.142. The Morgan fingerprint density at radius 3 is 2.03 bits per heavy atom. The number of carbonyl (C=O) groups is 11. The molecule has 4 aromatic rings. The number of rotatable bonds is 34. The van der Waals surface area contributed by atoms with Crippen molar-refractivity contribution in [1.82, 2.24) is 62.0 Å². The zero-order valence-corrected chi connectivity index (χ0v) is 50.4. The molecule has 0 saturated carbocycles. The highest BCUT2D eigenvalue weighted by molar-refractivity contribution is 5.99. The molecule has 2 saturated heterocycles. The van der Waals surface area contributed by atoms with Crippen molar-refractivity contribution in [3.8, 4) is 5.75 Å². The van der Waals surface area contributed by atoms with E-state index in [2.05, 4.69) is 57.5 Å². The van der Waals surface area contributed by atoms with Crippen molar-refractivity contribution >= 4 is 81.8 Å². The highest BCUT2D eigenvalue weighted by Crippen LogP contribution is 2.22. The molecule has 0 unspecified atom stereocenters. The first-order valence-corrected chi connectivity index (χ1v) is 29.9. The van der Waals surface area contributed by atoms with E-state index in [0.717, 1.165) is 5.52 Å². The van der Waals surface area contributed by atoms with Crippen molar-refractivity contribution in [2.24, 2.45) is 39.6 Å². The lowest BCUT2D eigenvalue weighted by Crippen LogP contribution is -2.61. The molecule has 0 aliphatic carbocycles. The lowest BCUT2D eigenvalue weighted by Gasteiger charge is -2.30. The number of guanidine groups is 1. The minimum absolute atomic E-state index is 0.00505. The number of aliphatic hydroxyl groups excluding tert-OH is 1. The maximum atomic E-state index is 14.7. The maximum absolute atomic E-state index is 14.7. The van der Waals surface area contributed by atoms with Crippen LogP contribution in [0.4, 0.5) is 0 Å². The van der Waals surface area contributed by atoms with Gasteiger partial charge in [0, 0.05) is 62.1 Å². The van der Waals surface area contributed by atoms with Crippen molar-refractivity contribution in [2.75, 3.05) is 32.8 Å². The van der Waals surface area contributed by atoms with Gasteiger partial charge >= 0.3 is 0 Å². The normalized spacial score (nSPS) is 16.9. The van der Waals surface area contributed by atoms with Crippen molar-refractivity contribution in [3.05, 3.63) is 84.1 Å². The number of primary amides is 1. The topological polar surface area (TPSA) is 504 Å². The van der Waals surface area contributed by atoms with Crippen LogP contribution in [0.2, 0.25) is 0 Å². The van der Waals surface area contributed by atoms with E-state index < -0.39 is 127 Å². The van der Waals surface area contributed by atoms with Gasteiger partial charge in [0.1, 0.15) is 60.4 Å². The highest BCUT2D eigenvalue weighted by Gasteiger charge is 2.40. The molecule has 488 valence electrons. The molecular weight excluding hydrogens is 1170 g/mol. The minimum Gasteiger partial charge on any atom is -0.508 e. The number of phenols is 1. The second kappa shape index (κ2) is 33.7. The van der Waals surface area contributed by atoms with Gasteiger partial charge in [-0.1, -0.05) is 44.2 Å². The number of aromatic nitrogens is 3. The zero-order valence-electron chi connectivity index (χ0n) is 50.4. The van der Waals surface area contributed by atoms with Crippen molar-refractivity contribution < 1.29 is 63.0 Å². The molecule has 0 spiro atoms. The van der Waals surface area contributed by atoms with Crippen LogP contribution in [-0.2, 0) is 67.2 Å². The number of H-pyrrole nitrogens is 1. The molecule has 2 aromatic heterocycles. The average Bonchev–Trinajstić information content (AvgIpc) is 2.04. The largest absolute Gasteiger partial charge is 0.508 e. The number of fused-ring (bicyclic) bond motifs is 1. The van der Waals surface area contributed by atoms with E-state index in [1.165, 1.54) is 46.3 Å². The van der Waals surface area contributed by atoms with Gasteiger partial charge in [0.05, 0.1) is 24.9 Å². The van der Waals surface area contributed by atoms with E-state index in [1.54, 1.807) is 44.3 Å². The smallest absolute Gasteiger partial charge is 0.254 e. The van der Waals surface area contributed by atoms with E-state index >= 15 is 0 Å². The van der Waals surface area contributed by atoms with E-state index in [9.17, 15) is 63.0 Å². The third kappa shape index (κ3) is 20.5. The average molecular weight is 1250 g/mol. The summed E-state index contributed by atoms with van der Waals surface area (Å²) in [5.74, 6) is -8.54. The minimum atomic E-state index is -1.76. The van der Waals surface area contributed by atoms with Crippen molar-refractivity contribution in [1.29, 1.82) is 0 Å². The number of hydrogen-bond donors (Lipinski definition) is 16. The molecule has 2 fully saturated rings. The van der Waals surface area contributed by atoms with Crippen LogP contribution in [0.1, 0.15) is 99.7 Å². The van der Waals surface area contributed by atoms with Gasteiger partial charge in [-0.05, 0) is 99.6 Å². The van der Waals surface area contributed by atoms with Crippen LogP contribution in [0.25, 0.3) is 10.9 Å². The molecule has 21 N–H and O–H groups in total. The molecule has 90 heavy (non-hydrogen) atoms. The summed E-state index contributed by atoms with van der Waals surface area (Å²) in [6.07, 6.45) is 5.84. The molecule has 10 amide bonds. The molecule has 2 aliphatic heterocycles. The summed E-state index contributed by atoms with van der Waals surface area (Å²) >= 11 is 0. The number of para-hydroxylation sites is 1. The Kier molecular flexibility index (Phi) is 26.1. The number of likely N-dealkylation sites (tertiary alicyclic amines) is 1. The zero-order chi connectivity index (χ0) is 65.6. The molecule has 4 heterocycles. The van der Waals surface area contributed by atoms with E-state index in [0.29, 0.717) is 42.2 Å². The number of imidazole rings is 1. The predicted octanol–water partition coefficient (Wildman–Crippen LogP) is -3.93. The quantitative estimate of drug-likeness (QED) is 0.0121. The highest BCUT2D eigenvalue weighted by atomic mass is 16.3. The number of nitrogens with two attached hydrogens (primary N) is 5. The SMILES string of the molecule is CC(C)C[C@H](NC(=O)[C@@H](CCCCN)NC(=O)[C@H](Cc1ccc(O)cc1)NC(=O)[C@H](CO)NC(=O)[C@H](Cc1c[nH]c2ccccc12)NC(=O)[C@@H](N)Cc1cn(C(=O)[C@@H]2CCC(=O)N2)cn1)C(=O)N[C@@H](CCCN=C(N)N)C(=O)N1CCC[C@H]1C(=O)NCC(N)=O. The van der Waals surface area contributed by atoms with Crippen LogP contribution in [0.3, 0.4) is 0 Å². The number of aromatic amines is 1. The number of unbranched alkanes of at least 4 members (excludes halogenated alkanes) is 1. The standard InChI is InChI=1S/C59H84N18O13/c1-32(2)23-43(52(84)71-41(12-7-21-65-59(63)64)58(90)77-22-8-13-47(77)56(88)67-28-48(62)80)73-51(83)40(11-5-6-20-60)70-53(85)44(24-33-14-16-36(79)17-15-33)74-55(87)46(30-78)75-54(86)45(25-34-27-66-39-10-4-3-9-37(34)39)72-50(82)38(61)26-35-29-76(31-68-35)57(89)42-18-19-49(81)69-42/h3-4,9-10,14-17,27,29,31-32,38,40-47,66,78-79H,5-8,11-13,18-26,28,30,60-61H2,1-2H3,(H2,62,80)(H,67,88)(H,69,81)(H,70,85)(H,71,84)(H,72,82)(H,73,83)(H,74,87)(H,75,86)(H4,63,64,65)/t38-,40+,41-,42-,43-,44-,45-,46-,47-/m0/s1. The number of hydrogen-bond acceptors (Lipinski definition) is 17. The Balaban J connectivity index is 1.20. The van der Waals surface area contributed by atoms with Crippen LogP contribution in [-0.4, -0.2) is 188 Å². The Bertz CT molecular complexity index is 3220. The third-order valence-corrected chi connectivity index (χ3v) is 15.3. The van der Waals surface area contributed by atoms with Crippen molar-refractivity contribution in [3.63, 3.8) is 0 Å². The molecule has 6 rings (SSSR count). The fourth-order valence-electron chi connectivity index (χ4n) is 10.5. The summed E-state index contributed by atoms with van der Waals surface area (Å²) < 4.78 is 1.19. The molecule has 31 heteroatoms. The van der Waals surface area contributed by atoms with Gasteiger partial charge in [-0.25, -0.2) is 4.98 Å². The Morgan fingerprint density at radius 1 is 0.744 bits per heavy atom. The summed E-state index contributed by atoms with van der Waals surface area (Å²) in [4.78, 5) is 163. The second-order valence-electron chi connectivity index (χ2n) is 22.8. The number of aliphatic hydroxyl groups is 1. The number of nitrogens with one attached hydrogen (secondary N) is 9. The summed E-state index contributed by atoms with van der Waals surface area (Å²) in [7, 11) is 0. The Morgan fingerprint density at radius 2 is 1.37 bits per heavy atom. The fourth-order valence-corrected chi connectivity index (χ4v) is 10.5. The number of nitrogens with zero attached hydrogens (tertiary/aromatic N) is 4. The fraction of sp³-hybridized carbons (Fsp3) is 0.508. The molecular formula is C59H84N18O13. The third-order valence-electron chi connectivity index (χ3n) is 15.3. The summed E-state index contributed by atoms with van der Waals surface area (Å²) in [6.45, 7) is 2.59. The van der Waals surface area contributed by atoms with Crippen LogP contribution < -0.4 is 71.2 Å². The molecule has 2 aliphatic rings. The van der Waals surface area contributed by atoms with E-state index in [4.69, 9.17) is 28.7 Å². The molecule has 2 aromatic carbocycles. The van der Waals surface area contributed by atoms with Gasteiger partial charge in [-0.2, -0.15) is 0 Å². The Hall–Kier alpha value is -9.49. The maximum Gasteiger partial charge on any atom is 0.254 e. The molecule has 0 radical (unpaired) electrons. The number of carbonyl (C=O) groups excluding carboxylic acids is 11. The number of phenolic OH excluding ortho intramolecular Hbond substituents is 1. The second-order valence-corrected chi connectivity index (χ2v) is 22.8. The van der Waals surface area contributed by atoms with Gasteiger partial charge in [0.2, 0.25) is 59.1 Å². The number of aromatic hydroxyl groups is 1.